The van der Waals surface area contributed by atoms with E-state index in [0.29, 0.717) is 17.2 Å². The number of nitrogens with zero attached hydrogens (tertiary/aromatic N) is 3. The Morgan fingerprint density at radius 3 is 2.55 bits per heavy atom. The van der Waals surface area contributed by atoms with Gasteiger partial charge in [0.2, 0.25) is 12.1 Å². The minimum Gasteiger partial charge on any atom is -0.408 e. The van der Waals surface area contributed by atoms with Gasteiger partial charge in [0.15, 0.2) is 0 Å². The molecule has 1 aliphatic carbocycles. The lowest BCUT2D eigenvalue weighted by Gasteiger charge is -2.49. The van der Waals surface area contributed by atoms with Crippen molar-refractivity contribution in [2.45, 2.75) is 37.8 Å². The van der Waals surface area contributed by atoms with Crippen molar-refractivity contribution in [2.24, 2.45) is 10.4 Å². The highest BCUT2D eigenvalue weighted by Crippen LogP contribution is 2.55. The van der Waals surface area contributed by atoms with Gasteiger partial charge in [0, 0.05) is 17.0 Å². The summed E-state index contributed by atoms with van der Waals surface area (Å²) in [7, 11) is 0. The van der Waals surface area contributed by atoms with Crippen molar-refractivity contribution < 1.29 is 9.21 Å². The zero-order valence-corrected chi connectivity index (χ0v) is 18.3. The number of hydrogen-bond acceptors (Lipinski definition) is 7. The first-order valence-corrected chi connectivity index (χ1v) is 11.5. The molecule has 1 saturated heterocycles. The Kier molecular flexibility index (Phi) is 4.95. The Bertz CT molecular complexity index is 1190. The summed E-state index contributed by atoms with van der Waals surface area (Å²) in [6, 6.07) is 17.7. The third-order valence-electron chi connectivity index (χ3n) is 7.07. The summed E-state index contributed by atoms with van der Waals surface area (Å²) in [4.78, 5) is 17.8. The number of carbonyl (C=O) groups is 1. The number of anilines is 2. The molecule has 3 aliphatic rings. The van der Waals surface area contributed by atoms with Gasteiger partial charge in [0.1, 0.15) is 0 Å². The van der Waals surface area contributed by atoms with E-state index in [1.54, 1.807) is 0 Å². The van der Waals surface area contributed by atoms with Crippen molar-refractivity contribution in [3.05, 3.63) is 71.6 Å². The van der Waals surface area contributed by atoms with Gasteiger partial charge in [-0.2, -0.15) is 0 Å². The van der Waals surface area contributed by atoms with Crippen molar-refractivity contribution in [3.8, 4) is 0 Å². The van der Waals surface area contributed by atoms with E-state index < -0.39 is 6.17 Å². The van der Waals surface area contributed by atoms with Gasteiger partial charge in [0.25, 0.3) is 5.91 Å². The molecule has 3 aromatic rings. The molecule has 8 nitrogen and oxygen atoms in total. The molecule has 1 saturated carbocycles. The van der Waals surface area contributed by atoms with Gasteiger partial charge in [-0.15, -0.1) is 5.10 Å². The van der Waals surface area contributed by atoms with E-state index in [2.05, 4.69) is 26.1 Å². The zero-order chi connectivity index (χ0) is 22.3. The summed E-state index contributed by atoms with van der Waals surface area (Å²) in [5.41, 5.74) is 3.69. The maximum absolute atomic E-state index is 13.0. The van der Waals surface area contributed by atoms with E-state index in [1.807, 2.05) is 54.6 Å². The molecule has 0 radical (unpaired) electrons. The summed E-state index contributed by atoms with van der Waals surface area (Å²) in [6.45, 7) is 2.18. The summed E-state index contributed by atoms with van der Waals surface area (Å²) in [5.74, 6) is 0.665. The van der Waals surface area contributed by atoms with Crippen LogP contribution >= 0.6 is 0 Å². The largest absolute Gasteiger partial charge is 0.408 e. The molecule has 8 heteroatoms. The van der Waals surface area contributed by atoms with Crippen LogP contribution in [0.15, 0.2) is 64.0 Å². The third-order valence-corrected chi connectivity index (χ3v) is 7.07. The van der Waals surface area contributed by atoms with Gasteiger partial charge in [-0.1, -0.05) is 53.6 Å². The smallest absolute Gasteiger partial charge is 0.317 e. The number of rotatable bonds is 4. The van der Waals surface area contributed by atoms with Crippen molar-refractivity contribution in [1.29, 1.82) is 0 Å². The maximum Gasteiger partial charge on any atom is 0.317 e. The van der Waals surface area contributed by atoms with Crippen LogP contribution in [0.1, 0.15) is 48.6 Å². The number of para-hydroxylation sites is 1. The van der Waals surface area contributed by atoms with Gasteiger partial charge in [-0.25, -0.2) is 4.99 Å². The number of fused-ring (bicyclic) bond motifs is 1. The number of nitrogens with one attached hydrogen (secondary N) is 3. The van der Waals surface area contributed by atoms with E-state index in [0.717, 1.165) is 48.5 Å². The first-order valence-electron chi connectivity index (χ1n) is 11.5. The van der Waals surface area contributed by atoms with Crippen LogP contribution in [-0.2, 0) is 4.79 Å². The SMILES string of the molecule is O=C1Nc2ccccc2C(c2ccccc2)=NC1Nc1nnc(C2CC3(CCNCC3)C2)o1. The van der Waals surface area contributed by atoms with Crippen molar-refractivity contribution >= 4 is 23.3 Å². The molecule has 1 amide bonds. The van der Waals surface area contributed by atoms with E-state index in [9.17, 15) is 4.79 Å². The van der Waals surface area contributed by atoms with E-state index >= 15 is 0 Å². The molecule has 33 heavy (non-hydrogen) atoms. The van der Waals surface area contributed by atoms with Crippen LogP contribution in [0.3, 0.4) is 0 Å². The summed E-state index contributed by atoms with van der Waals surface area (Å²) in [5, 5.41) is 17.9. The fourth-order valence-corrected chi connectivity index (χ4v) is 5.28. The predicted octanol–water partition coefficient (Wildman–Crippen LogP) is 3.54. The Labute approximate surface area is 191 Å². The Balaban J connectivity index is 1.24. The van der Waals surface area contributed by atoms with Gasteiger partial charge < -0.3 is 20.4 Å². The van der Waals surface area contributed by atoms with Gasteiger partial charge >= 0.3 is 6.01 Å². The lowest BCUT2D eigenvalue weighted by molar-refractivity contribution is -0.116. The zero-order valence-electron chi connectivity index (χ0n) is 18.3. The van der Waals surface area contributed by atoms with E-state index in [-0.39, 0.29) is 11.9 Å². The van der Waals surface area contributed by atoms with Crippen molar-refractivity contribution in [2.75, 3.05) is 23.7 Å². The highest BCUT2D eigenvalue weighted by Gasteiger charge is 2.47. The molecule has 1 aromatic heterocycles. The summed E-state index contributed by atoms with van der Waals surface area (Å²) in [6.07, 6.45) is 3.71. The summed E-state index contributed by atoms with van der Waals surface area (Å²) < 4.78 is 5.93. The molecule has 2 aromatic carbocycles. The number of piperidine rings is 1. The first kappa shape index (κ1) is 20.1. The number of carbonyl (C=O) groups excluding carboxylic acids is 1. The predicted molar refractivity (Wildman–Crippen MR) is 125 cm³/mol. The van der Waals surface area contributed by atoms with Gasteiger partial charge in [-0.05, 0) is 50.3 Å². The number of benzene rings is 2. The average molecular weight is 443 g/mol. The number of aromatic nitrogens is 2. The topological polar surface area (TPSA) is 104 Å². The monoisotopic (exact) mass is 442 g/mol. The number of benzodiazepines with no additional fused rings is 1. The molecule has 1 spiro atoms. The van der Waals surface area contributed by atoms with Crippen molar-refractivity contribution in [1.82, 2.24) is 15.5 Å². The van der Waals surface area contributed by atoms with Gasteiger partial charge in [0.05, 0.1) is 11.4 Å². The molecule has 3 N–H and O–H groups in total. The molecular weight excluding hydrogens is 416 g/mol. The number of amides is 1. The van der Waals surface area contributed by atoms with Crippen LogP contribution in [0.25, 0.3) is 0 Å². The molecule has 1 atom stereocenters. The molecular formula is C25H26N6O2. The second-order valence-electron chi connectivity index (χ2n) is 9.23. The lowest BCUT2D eigenvalue weighted by Crippen LogP contribution is -2.44. The van der Waals surface area contributed by atoms with Gasteiger partial charge in [-0.3, -0.25) is 4.79 Å². The minimum atomic E-state index is -0.891. The average Bonchev–Trinajstić information content (AvgIpc) is 3.24. The van der Waals surface area contributed by atoms with Crippen LogP contribution in [-0.4, -0.2) is 41.1 Å². The lowest BCUT2D eigenvalue weighted by atomic mass is 9.58. The third kappa shape index (κ3) is 3.80. The van der Waals surface area contributed by atoms with Crippen molar-refractivity contribution in [3.63, 3.8) is 0 Å². The second kappa shape index (κ2) is 8.12. The molecule has 3 heterocycles. The van der Waals surface area contributed by atoms with E-state index in [4.69, 9.17) is 9.41 Å². The minimum absolute atomic E-state index is 0.221. The van der Waals surface area contributed by atoms with Crippen LogP contribution < -0.4 is 16.0 Å². The quantitative estimate of drug-likeness (QED) is 0.571. The number of aliphatic imine (C=N–C) groups is 1. The molecule has 6 rings (SSSR count). The fraction of sp³-hybridized carbons (Fsp3) is 0.360. The van der Waals surface area contributed by atoms with Crippen LogP contribution in [0.2, 0.25) is 0 Å². The Morgan fingerprint density at radius 2 is 1.73 bits per heavy atom. The highest BCUT2D eigenvalue weighted by molar-refractivity contribution is 6.19. The standard InChI is InChI=1S/C25H26N6O2/c32-22-21(28-20(16-6-2-1-3-7-16)18-8-4-5-9-19(18)27-22)29-24-31-30-23(33-24)17-14-25(15-17)10-12-26-13-11-25/h1-9,17,21,26H,10-15H2,(H,27,32)(H,29,31). The Hall–Kier alpha value is -3.52. The first-order chi connectivity index (χ1) is 16.2. The van der Waals surface area contributed by atoms with Crippen LogP contribution in [0, 0.1) is 5.41 Å². The normalized spacial score (nSPS) is 22.0. The van der Waals surface area contributed by atoms with E-state index in [1.165, 1.54) is 12.8 Å². The fourth-order valence-electron chi connectivity index (χ4n) is 5.28. The molecule has 168 valence electrons. The Morgan fingerprint density at radius 1 is 0.970 bits per heavy atom. The molecule has 0 bridgehead atoms. The summed E-state index contributed by atoms with van der Waals surface area (Å²) >= 11 is 0. The van der Waals surface area contributed by atoms with Crippen LogP contribution in [0.4, 0.5) is 11.7 Å². The highest BCUT2D eigenvalue weighted by atomic mass is 16.4. The molecule has 2 fully saturated rings. The second-order valence-corrected chi connectivity index (χ2v) is 9.23. The molecule has 2 aliphatic heterocycles. The molecule has 1 unspecified atom stereocenters. The maximum atomic E-state index is 13.0. The number of hydrogen-bond donors (Lipinski definition) is 3. The van der Waals surface area contributed by atoms with Crippen LogP contribution in [0.5, 0.6) is 0 Å².